The number of carboxylic acids is 1. The quantitative estimate of drug-likeness (QED) is 0.527. The van der Waals surface area contributed by atoms with E-state index in [9.17, 15) is 14.7 Å². The molecule has 0 unspecified atom stereocenters. The van der Waals surface area contributed by atoms with Gasteiger partial charge in [-0.25, -0.2) is 4.79 Å². The third-order valence-corrected chi connectivity index (χ3v) is 5.97. The third-order valence-electron chi connectivity index (χ3n) is 4.80. The molecule has 1 N–H and O–H groups in total. The molecule has 0 radical (unpaired) electrons. The fourth-order valence-corrected chi connectivity index (χ4v) is 4.79. The highest BCUT2D eigenvalue weighted by molar-refractivity contribution is 8.03. The lowest BCUT2D eigenvalue weighted by Crippen LogP contribution is -2.28. The molecule has 3 aromatic carbocycles. The van der Waals surface area contributed by atoms with Crippen LogP contribution in [0.4, 0.5) is 5.69 Å². The van der Waals surface area contributed by atoms with E-state index in [0.29, 0.717) is 10.7 Å². The van der Waals surface area contributed by atoms with Crippen LogP contribution in [0.5, 0.6) is 0 Å². The number of hydrogen-bond acceptors (Lipinski definition) is 6. The number of hydrogen-bond donors (Lipinski definition) is 1. The van der Waals surface area contributed by atoms with Crippen LogP contribution in [0.25, 0.3) is 10.8 Å². The summed E-state index contributed by atoms with van der Waals surface area (Å²) in [5, 5.41) is 16.0. The van der Waals surface area contributed by atoms with Crippen LogP contribution in [0.3, 0.4) is 0 Å². The van der Waals surface area contributed by atoms with Crippen LogP contribution < -0.4 is 4.90 Å². The molecule has 7 heteroatoms. The molecule has 3 aromatic rings. The highest BCUT2D eigenvalue weighted by Crippen LogP contribution is 2.51. The summed E-state index contributed by atoms with van der Waals surface area (Å²) in [4.78, 5) is 31.8. The molecule has 5 rings (SSSR count). The maximum atomic E-state index is 12.6. The molecule has 0 aromatic heterocycles. The third kappa shape index (κ3) is 2.87. The summed E-state index contributed by atoms with van der Waals surface area (Å²) in [5.74, 6) is -1.58. The van der Waals surface area contributed by atoms with Gasteiger partial charge < -0.3 is 14.8 Å². The molecule has 0 atom stereocenters. The van der Waals surface area contributed by atoms with E-state index in [0.717, 1.165) is 26.9 Å². The fraction of sp³-hybridized carbons (Fsp3) is 0.0455. The van der Waals surface area contributed by atoms with Crippen molar-refractivity contribution in [3.8, 4) is 0 Å². The topological polar surface area (TPSA) is 79.2 Å². The molecular weight excluding hydrogens is 388 g/mol. The Hall–Kier alpha value is -3.58. The van der Waals surface area contributed by atoms with Gasteiger partial charge in [-0.05, 0) is 11.5 Å². The van der Waals surface area contributed by atoms with E-state index in [4.69, 9.17) is 4.84 Å². The fourth-order valence-electron chi connectivity index (χ4n) is 3.59. The van der Waals surface area contributed by atoms with E-state index >= 15 is 0 Å². The Bertz CT molecular complexity index is 1230. The Morgan fingerprint density at radius 3 is 2.59 bits per heavy atom. The zero-order valence-corrected chi connectivity index (χ0v) is 15.8. The van der Waals surface area contributed by atoms with Crippen LogP contribution in [0.1, 0.15) is 5.56 Å². The second-order valence-corrected chi connectivity index (χ2v) is 7.61. The van der Waals surface area contributed by atoms with Crippen LogP contribution in [0.2, 0.25) is 0 Å². The molecule has 0 saturated carbocycles. The van der Waals surface area contributed by atoms with E-state index < -0.39 is 11.9 Å². The van der Waals surface area contributed by atoms with Crippen LogP contribution >= 0.6 is 11.8 Å². The predicted octanol–water partition coefficient (Wildman–Crippen LogP) is 4.01. The van der Waals surface area contributed by atoms with E-state index in [2.05, 4.69) is 5.16 Å². The molecule has 142 valence electrons. The van der Waals surface area contributed by atoms with Gasteiger partial charge in [0.15, 0.2) is 0 Å². The summed E-state index contributed by atoms with van der Waals surface area (Å²) in [5.41, 5.74) is 2.20. The van der Waals surface area contributed by atoms with Gasteiger partial charge in [0.25, 0.3) is 0 Å². The van der Waals surface area contributed by atoms with E-state index in [1.54, 1.807) is 4.90 Å². The zero-order valence-electron chi connectivity index (χ0n) is 15.0. The first-order valence-electron chi connectivity index (χ1n) is 8.92. The van der Waals surface area contributed by atoms with E-state index in [1.165, 1.54) is 11.8 Å². The molecule has 2 aliphatic rings. The van der Waals surface area contributed by atoms with Gasteiger partial charge in [0, 0.05) is 15.8 Å². The first kappa shape index (κ1) is 17.5. The number of aliphatic carboxylic acids is 1. The average molecular weight is 402 g/mol. The predicted molar refractivity (Wildman–Crippen MR) is 111 cm³/mol. The van der Waals surface area contributed by atoms with Crippen molar-refractivity contribution in [3.05, 3.63) is 82.9 Å². The maximum Gasteiger partial charge on any atom is 0.370 e. The van der Waals surface area contributed by atoms with Crippen LogP contribution in [0, 0.1) is 0 Å². The van der Waals surface area contributed by atoms with Crippen molar-refractivity contribution >= 4 is 45.9 Å². The summed E-state index contributed by atoms with van der Waals surface area (Å²) < 4.78 is 0. The average Bonchev–Trinajstić information content (AvgIpc) is 3.28. The van der Waals surface area contributed by atoms with E-state index in [-0.39, 0.29) is 12.1 Å². The molecule has 0 fully saturated rings. The van der Waals surface area contributed by atoms with Crippen LogP contribution in [-0.2, 0) is 14.4 Å². The van der Waals surface area contributed by atoms with Crippen molar-refractivity contribution < 1.29 is 19.5 Å². The Labute approximate surface area is 170 Å². The lowest BCUT2D eigenvalue weighted by Gasteiger charge is -2.20. The number of anilines is 1. The van der Waals surface area contributed by atoms with Gasteiger partial charge in [-0.1, -0.05) is 77.6 Å². The minimum absolute atomic E-state index is 0.276. The van der Waals surface area contributed by atoms with Crippen molar-refractivity contribution in [3.63, 3.8) is 0 Å². The molecular formula is C22H14N2O4S. The largest absolute Gasteiger partial charge is 0.480 e. The van der Waals surface area contributed by atoms with Gasteiger partial charge in [0.05, 0.1) is 10.7 Å². The van der Waals surface area contributed by atoms with Crippen LogP contribution in [-0.4, -0.2) is 29.3 Å². The molecule has 29 heavy (non-hydrogen) atoms. The SMILES string of the molecule is O=C(O)CN1/C(=C2/C(=O)ON=C2c2ccccc2)Sc2ccc3ccccc3c21. The van der Waals surface area contributed by atoms with Gasteiger partial charge in [-0.3, -0.25) is 4.79 Å². The van der Waals surface area contributed by atoms with Gasteiger partial charge >= 0.3 is 11.9 Å². The minimum atomic E-state index is -0.992. The molecule has 2 heterocycles. The highest BCUT2D eigenvalue weighted by Gasteiger charge is 2.38. The molecule has 0 saturated heterocycles. The minimum Gasteiger partial charge on any atom is -0.480 e. The second kappa shape index (κ2) is 6.79. The summed E-state index contributed by atoms with van der Waals surface area (Å²) in [6, 6.07) is 21.0. The Morgan fingerprint density at radius 1 is 1.03 bits per heavy atom. The Morgan fingerprint density at radius 2 is 1.79 bits per heavy atom. The summed E-state index contributed by atoms with van der Waals surface area (Å²) in [6.45, 7) is -0.276. The lowest BCUT2D eigenvalue weighted by molar-refractivity contribution is -0.137. The van der Waals surface area contributed by atoms with Gasteiger partial charge in [-0.15, -0.1) is 0 Å². The number of thioether (sulfide) groups is 1. The zero-order chi connectivity index (χ0) is 20.0. The Balaban J connectivity index is 1.73. The monoisotopic (exact) mass is 402 g/mol. The first-order valence-corrected chi connectivity index (χ1v) is 9.73. The van der Waals surface area contributed by atoms with Crippen molar-refractivity contribution in [2.75, 3.05) is 11.4 Å². The smallest absolute Gasteiger partial charge is 0.370 e. The highest BCUT2D eigenvalue weighted by atomic mass is 32.2. The van der Waals surface area contributed by atoms with Crippen molar-refractivity contribution in [2.45, 2.75) is 4.90 Å². The maximum absolute atomic E-state index is 12.6. The van der Waals surface area contributed by atoms with Crippen molar-refractivity contribution in [1.82, 2.24) is 0 Å². The van der Waals surface area contributed by atoms with Crippen molar-refractivity contribution in [1.29, 1.82) is 0 Å². The molecule has 2 aliphatic heterocycles. The molecule has 0 spiro atoms. The van der Waals surface area contributed by atoms with Gasteiger partial charge in [-0.2, -0.15) is 0 Å². The van der Waals surface area contributed by atoms with Gasteiger partial charge in [0.1, 0.15) is 17.8 Å². The van der Waals surface area contributed by atoms with Gasteiger partial charge in [0.2, 0.25) is 0 Å². The lowest BCUT2D eigenvalue weighted by atomic mass is 10.0. The molecule has 6 nitrogen and oxygen atoms in total. The summed E-state index contributed by atoms with van der Waals surface area (Å²) in [7, 11) is 0. The van der Waals surface area contributed by atoms with Crippen molar-refractivity contribution in [2.24, 2.45) is 5.16 Å². The second-order valence-electron chi connectivity index (χ2n) is 6.58. The number of carbonyl (C=O) groups excluding carboxylic acids is 1. The molecule has 0 bridgehead atoms. The number of fused-ring (bicyclic) bond motifs is 3. The summed E-state index contributed by atoms with van der Waals surface area (Å²) >= 11 is 1.36. The molecule has 0 amide bonds. The Kier molecular flexibility index (Phi) is 4.10. The number of carboxylic acid groups (broad SMARTS) is 1. The number of oxime groups is 1. The number of rotatable bonds is 3. The number of carbonyl (C=O) groups is 2. The molecule has 0 aliphatic carbocycles. The standard InChI is InChI=1S/C22H14N2O4S/c25-17(26)12-24-20-15-9-5-4-6-13(15)10-11-16(20)29-21(24)18-19(23-28-22(18)27)14-7-2-1-3-8-14/h1-11H,12H2,(H,25,26)/b21-18-. The normalized spacial score (nSPS) is 18.0. The van der Waals surface area contributed by atoms with Crippen LogP contribution in [0.15, 0.2) is 87.4 Å². The summed E-state index contributed by atoms with van der Waals surface area (Å²) in [6.07, 6.45) is 0. The number of benzene rings is 3. The van der Waals surface area contributed by atoms with E-state index in [1.807, 2.05) is 66.7 Å². The first-order chi connectivity index (χ1) is 14.1. The number of nitrogens with zero attached hydrogens (tertiary/aromatic N) is 2.